The minimum atomic E-state index is -3.81. The molecular weight excluding hydrogens is 510 g/mol. The molecule has 0 heterocycles. The highest BCUT2D eigenvalue weighted by molar-refractivity contribution is 7.89. The van der Waals surface area contributed by atoms with E-state index < -0.39 is 27.5 Å². The van der Waals surface area contributed by atoms with Crippen molar-refractivity contribution >= 4 is 38.3 Å². The van der Waals surface area contributed by atoms with Crippen molar-refractivity contribution in [1.29, 1.82) is 0 Å². The minimum absolute atomic E-state index is 0.128. The third-order valence-electron chi connectivity index (χ3n) is 6.01. The van der Waals surface area contributed by atoms with E-state index in [4.69, 9.17) is 0 Å². The molecule has 39 heavy (non-hydrogen) atoms. The molecule has 0 radical (unpaired) electrons. The fraction of sp³-hybridized carbons (Fsp3) is 0.226. The maximum Gasteiger partial charge on any atom is 0.247 e. The van der Waals surface area contributed by atoms with Crippen LogP contribution in [0, 0.1) is 0 Å². The van der Waals surface area contributed by atoms with Crippen LogP contribution in [0.1, 0.15) is 31.9 Å². The number of rotatable bonds is 9. The summed E-state index contributed by atoms with van der Waals surface area (Å²) in [4.78, 5) is 26.6. The lowest BCUT2D eigenvalue weighted by molar-refractivity contribution is -0.126. The number of carbonyl (C=O) groups is 2. The van der Waals surface area contributed by atoms with Crippen molar-refractivity contribution in [1.82, 2.24) is 10.0 Å². The van der Waals surface area contributed by atoms with Crippen molar-refractivity contribution < 1.29 is 18.0 Å². The van der Waals surface area contributed by atoms with Crippen molar-refractivity contribution in [2.75, 3.05) is 5.32 Å². The van der Waals surface area contributed by atoms with Crippen molar-refractivity contribution in [3.8, 4) is 0 Å². The predicted octanol–water partition coefficient (Wildman–Crippen LogP) is 4.83. The number of fused-ring (bicyclic) bond motifs is 1. The Balaban J connectivity index is 1.62. The number of carbonyl (C=O) groups excluding carboxylic acids is 2. The van der Waals surface area contributed by atoms with E-state index >= 15 is 0 Å². The molecule has 0 unspecified atom stereocenters. The zero-order valence-electron chi connectivity index (χ0n) is 22.3. The molecule has 4 aromatic rings. The Morgan fingerprint density at radius 3 is 1.97 bits per heavy atom. The van der Waals surface area contributed by atoms with Gasteiger partial charge in [0.05, 0.1) is 11.3 Å². The maximum absolute atomic E-state index is 13.6. The van der Waals surface area contributed by atoms with Crippen LogP contribution in [0.2, 0.25) is 0 Å². The summed E-state index contributed by atoms with van der Waals surface area (Å²) in [6, 6.07) is 28.1. The van der Waals surface area contributed by atoms with E-state index in [1.807, 2.05) is 60.7 Å². The number of hydrogen-bond donors (Lipinski definition) is 3. The van der Waals surface area contributed by atoms with Crippen LogP contribution in [0.4, 0.5) is 5.69 Å². The molecule has 202 valence electrons. The standard InChI is InChI=1S/C31H33N3O4S/c1-31(2,3)34-39(37,38)28-19-11-16-24-25(28)17-10-18-26(24)33-30(36)27(20-22-12-6-4-7-13-22)32-29(35)21-23-14-8-5-9-15-23/h4-19,27,34H,20-21H2,1-3H3,(H,32,35)(H,33,36)/t27-/m0/s1. The molecule has 8 heteroatoms. The van der Waals surface area contributed by atoms with Crippen LogP contribution in [0.5, 0.6) is 0 Å². The smallest absolute Gasteiger partial charge is 0.247 e. The third-order valence-corrected chi connectivity index (χ3v) is 7.83. The molecule has 1 atom stereocenters. The van der Waals surface area contributed by atoms with Crippen LogP contribution in [-0.2, 0) is 32.5 Å². The van der Waals surface area contributed by atoms with Gasteiger partial charge in [0.25, 0.3) is 0 Å². The van der Waals surface area contributed by atoms with E-state index in [-0.39, 0.29) is 17.2 Å². The van der Waals surface area contributed by atoms with E-state index in [9.17, 15) is 18.0 Å². The molecule has 0 fully saturated rings. The fourth-order valence-electron chi connectivity index (χ4n) is 4.39. The van der Waals surface area contributed by atoms with E-state index in [0.29, 0.717) is 22.9 Å². The number of sulfonamides is 1. The normalized spacial score (nSPS) is 12.6. The van der Waals surface area contributed by atoms with Crippen LogP contribution in [0.25, 0.3) is 10.8 Å². The van der Waals surface area contributed by atoms with Gasteiger partial charge in [0.1, 0.15) is 6.04 Å². The summed E-state index contributed by atoms with van der Waals surface area (Å²) in [5, 5.41) is 6.89. The molecule has 3 N–H and O–H groups in total. The summed E-state index contributed by atoms with van der Waals surface area (Å²) in [7, 11) is -3.81. The highest BCUT2D eigenvalue weighted by Gasteiger charge is 2.25. The topological polar surface area (TPSA) is 104 Å². The third kappa shape index (κ3) is 7.52. The lowest BCUT2D eigenvalue weighted by Crippen LogP contribution is -2.45. The summed E-state index contributed by atoms with van der Waals surface area (Å²) in [5.74, 6) is -0.661. The monoisotopic (exact) mass is 543 g/mol. The number of nitrogens with one attached hydrogen (secondary N) is 3. The van der Waals surface area contributed by atoms with Crippen LogP contribution in [0.3, 0.4) is 0 Å². The summed E-state index contributed by atoms with van der Waals surface area (Å²) >= 11 is 0. The van der Waals surface area contributed by atoms with Crippen molar-refractivity contribution in [3.05, 3.63) is 108 Å². The van der Waals surface area contributed by atoms with Crippen LogP contribution in [-0.4, -0.2) is 31.8 Å². The van der Waals surface area contributed by atoms with Gasteiger partial charge in [-0.1, -0.05) is 84.9 Å². The van der Waals surface area contributed by atoms with Crippen molar-refractivity contribution in [2.24, 2.45) is 0 Å². The number of anilines is 1. The Morgan fingerprint density at radius 1 is 0.744 bits per heavy atom. The maximum atomic E-state index is 13.6. The number of benzene rings is 4. The lowest BCUT2D eigenvalue weighted by Gasteiger charge is -2.22. The van der Waals surface area contributed by atoms with E-state index in [1.54, 1.807) is 57.2 Å². The molecule has 0 aliphatic heterocycles. The molecule has 7 nitrogen and oxygen atoms in total. The van der Waals surface area contributed by atoms with Gasteiger partial charge in [-0.25, -0.2) is 13.1 Å². The number of hydrogen-bond acceptors (Lipinski definition) is 4. The zero-order chi connectivity index (χ0) is 28.0. The predicted molar refractivity (Wildman–Crippen MR) is 155 cm³/mol. The highest BCUT2D eigenvalue weighted by atomic mass is 32.2. The second kappa shape index (κ2) is 11.8. The first-order valence-corrected chi connectivity index (χ1v) is 14.2. The van der Waals surface area contributed by atoms with Crippen LogP contribution in [0.15, 0.2) is 102 Å². The summed E-state index contributed by atoms with van der Waals surface area (Å²) in [6.45, 7) is 5.33. The first-order valence-electron chi connectivity index (χ1n) is 12.8. The van der Waals surface area contributed by atoms with Crippen LogP contribution >= 0.6 is 0 Å². The Morgan fingerprint density at radius 2 is 1.33 bits per heavy atom. The molecule has 4 aromatic carbocycles. The molecule has 0 aliphatic rings. The van der Waals surface area contributed by atoms with Crippen molar-refractivity contribution in [3.63, 3.8) is 0 Å². The fourth-order valence-corrected chi connectivity index (χ4v) is 6.03. The zero-order valence-corrected chi connectivity index (χ0v) is 23.1. The lowest BCUT2D eigenvalue weighted by atomic mass is 10.0. The summed E-state index contributed by atoms with van der Waals surface area (Å²) < 4.78 is 29.0. The number of amides is 2. The average Bonchev–Trinajstić information content (AvgIpc) is 2.88. The van der Waals surface area contributed by atoms with E-state index in [0.717, 1.165) is 11.1 Å². The first-order chi connectivity index (χ1) is 18.5. The Bertz CT molecular complexity index is 1560. The molecule has 4 rings (SSSR count). The van der Waals surface area contributed by atoms with Gasteiger partial charge in [0.15, 0.2) is 0 Å². The van der Waals surface area contributed by atoms with Gasteiger partial charge in [-0.2, -0.15) is 0 Å². The molecular formula is C31H33N3O4S. The van der Waals surface area contributed by atoms with Gasteiger partial charge >= 0.3 is 0 Å². The SMILES string of the molecule is CC(C)(C)NS(=O)(=O)c1cccc2c(NC(=O)[C@H](Cc3ccccc3)NC(=O)Cc3ccccc3)cccc12. The summed E-state index contributed by atoms with van der Waals surface area (Å²) in [6.07, 6.45) is 0.447. The molecule has 0 saturated carbocycles. The molecule has 0 aromatic heterocycles. The average molecular weight is 544 g/mol. The van der Waals surface area contributed by atoms with Gasteiger partial charge < -0.3 is 10.6 Å². The molecule has 0 saturated heterocycles. The highest BCUT2D eigenvalue weighted by Crippen LogP contribution is 2.29. The van der Waals surface area contributed by atoms with Gasteiger partial charge in [0, 0.05) is 28.4 Å². The van der Waals surface area contributed by atoms with E-state index in [2.05, 4.69) is 15.4 Å². The van der Waals surface area contributed by atoms with Gasteiger partial charge in [-0.05, 0) is 44.0 Å². The van der Waals surface area contributed by atoms with Gasteiger partial charge in [0.2, 0.25) is 21.8 Å². The van der Waals surface area contributed by atoms with Crippen LogP contribution < -0.4 is 15.4 Å². The Labute approximate surface area is 229 Å². The first kappa shape index (κ1) is 28.0. The molecule has 0 spiro atoms. The van der Waals surface area contributed by atoms with Gasteiger partial charge in [-0.15, -0.1) is 0 Å². The largest absolute Gasteiger partial charge is 0.344 e. The second-order valence-corrected chi connectivity index (χ2v) is 12.1. The molecule has 0 aliphatic carbocycles. The summed E-state index contributed by atoms with van der Waals surface area (Å²) in [5.41, 5.74) is 1.55. The minimum Gasteiger partial charge on any atom is -0.344 e. The second-order valence-electron chi connectivity index (χ2n) is 10.5. The van der Waals surface area contributed by atoms with Crippen molar-refractivity contribution in [2.45, 2.75) is 50.1 Å². The van der Waals surface area contributed by atoms with E-state index in [1.165, 1.54) is 0 Å². The molecule has 0 bridgehead atoms. The Kier molecular flexibility index (Phi) is 8.47. The molecule has 2 amide bonds. The van der Waals surface area contributed by atoms with Gasteiger partial charge in [-0.3, -0.25) is 9.59 Å². The Hall–Kier alpha value is -4.01. The quantitative estimate of drug-likeness (QED) is 0.281.